The summed E-state index contributed by atoms with van der Waals surface area (Å²) in [6.07, 6.45) is 4.91. The highest BCUT2D eigenvalue weighted by Gasteiger charge is 2.22. The first kappa shape index (κ1) is 12.5. The van der Waals surface area contributed by atoms with Crippen LogP contribution in [0.4, 0.5) is 5.69 Å². The molecular formula is C14H16ClN3O. The zero-order chi connectivity index (χ0) is 13.1. The predicted molar refractivity (Wildman–Crippen MR) is 74.3 cm³/mol. The molecule has 1 N–H and O–H groups in total. The van der Waals surface area contributed by atoms with E-state index < -0.39 is 0 Å². The summed E-state index contributed by atoms with van der Waals surface area (Å²) in [6, 6.07) is 7.58. The fourth-order valence-electron chi connectivity index (χ4n) is 2.47. The molecule has 0 amide bonds. The molecule has 1 heterocycles. The molecule has 0 unspecified atom stereocenters. The van der Waals surface area contributed by atoms with E-state index >= 15 is 0 Å². The van der Waals surface area contributed by atoms with Gasteiger partial charge in [-0.3, -0.25) is 0 Å². The molecule has 1 aromatic heterocycles. The molecule has 1 fully saturated rings. The molecule has 0 spiro atoms. The third-order valence-electron chi connectivity index (χ3n) is 3.47. The monoisotopic (exact) mass is 277 g/mol. The van der Waals surface area contributed by atoms with Crippen LogP contribution >= 0.6 is 11.6 Å². The van der Waals surface area contributed by atoms with Gasteiger partial charge in [-0.15, -0.1) is 0 Å². The molecule has 1 aliphatic rings. The Balaban J connectivity index is 1.61. The zero-order valence-electron chi connectivity index (χ0n) is 10.6. The molecule has 1 saturated carbocycles. The van der Waals surface area contributed by atoms with Gasteiger partial charge >= 0.3 is 0 Å². The first-order chi connectivity index (χ1) is 9.31. The van der Waals surface area contributed by atoms with E-state index in [0.29, 0.717) is 23.4 Å². The van der Waals surface area contributed by atoms with E-state index in [0.717, 1.165) is 11.5 Å². The van der Waals surface area contributed by atoms with Crippen LogP contribution in [0.2, 0.25) is 5.02 Å². The van der Waals surface area contributed by atoms with Gasteiger partial charge in [0, 0.05) is 16.6 Å². The number of nitrogens with zero attached hydrogens (tertiary/aromatic N) is 2. The van der Waals surface area contributed by atoms with Gasteiger partial charge in [-0.05, 0) is 31.0 Å². The zero-order valence-corrected chi connectivity index (χ0v) is 11.4. The summed E-state index contributed by atoms with van der Waals surface area (Å²) < 4.78 is 5.27. The minimum Gasteiger partial charge on any atom is -0.376 e. The number of anilines is 1. The van der Waals surface area contributed by atoms with Gasteiger partial charge in [0.2, 0.25) is 5.89 Å². The van der Waals surface area contributed by atoms with Crippen molar-refractivity contribution in [2.45, 2.75) is 38.1 Å². The quantitative estimate of drug-likeness (QED) is 0.918. The molecule has 0 atom stereocenters. The van der Waals surface area contributed by atoms with Crippen LogP contribution in [0, 0.1) is 0 Å². The van der Waals surface area contributed by atoms with Crippen LogP contribution in [-0.2, 0) is 6.54 Å². The van der Waals surface area contributed by atoms with Crippen molar-refractivity contribution in [2.75, 3.05) is 5.32 Å². The third kappa shape index (κ3) is 3.07. The molecule has 1 aliphatic carbocycles. The Morgan fingerprint density at radius 1 is 1.32 bits per heavy atom. The second-order valence-corrected chi connectivity index (χ2v) is 5.33. The first-order valence-electron chi connectivity index (χ1n) is 6.63. The summed E-state index contributed by atoms with van der Waals surface area (Å²) in [4.78, 5) is 4.46. The second kappa shape index (κ2) is 5.61. The molecule has 5 heteroatoms. The normalized spacial score (nSPS) is 15.8. The molecule has 3 rings (SSSR count). The lowest BCUT2D eigenvalue weighted by Crippen LogP contribution is -2.00. The van der Waals surface area contributed by atoms with E-state index in [-0.39, 0.29) is 0 Å². The smallest absolute Gasteiger partial charge is 0.245 e. The molecule has 0 saturated heterocycles. The highest BCUT2D eigenvalue weighted by Crippen LogP contribution is 2.32. The molecule has 0 bridgehead atoms. The van der Waals surface area contributed by atoms with Crippen LogP contribution in [0.15, 0.2) is 28.8 Å². The van der Waals surface area contributed by atoms with Gasteiger partial charge in [0.1, 0.15) is 0 Å². The van der Waals surface area contributed by atoms with Crippen molar-refractivity contribution in [1.29, 1.82) is 0 Å². The number of halogens is 1. The Morgan fingerprint density at radius 2 is 2.16 bits per heavy atom. The molecule has 2 aromatic rings. The molecular weight excluding hydrogens is 262 g/mol. The lowest BCUT2D eigenvalue weighted by Gasteiger charge is -2.03. The number of hydrogen-bond acceptors (Lipinski definition) is 4. The molecule has 0 aliphatic heterocycles. The molecule has 100 valence electrons. The standard InChI is InChI=1S/C14H16ClN3O/c15-11-6-3-7-12(8-11)16-9-13-17-14(18-19-13)10-4-1-2-5-10/h3,6-8,10,16H,1-2,4-5,9H2. The maximum atomic E-state index is 5.93. The summed E-state index contributed by atoms with van der Waals surface area (Å²) in [5.41, 5.74) is 0.952. The topological polar surface area (TPSA) is 51.0 Å². The summed E-state index contributed by atoms with van der Waals surface area (Å²) in [5, 5.41) is 8.01. The minimum atomic E-state index is 0.490. The highest BCUT2D eigenvalue weighted by atomic mass is 35.5. The van der Waals surface area contributed by atoms with Crippen LogP contribution < -0.4 is 5.32 Å². The van der Waals surface area contributed by atoms with E-state index in [1.54, 1.807) is 0 Å². The van der Waals surface area contributed by atoms with Gasteiger partial charge < -0.3 is 9.84 Å². The fourth-order valence-corrected chi connectivity index (χ4v) is 2.66. The van der Waals surface area contributed by atoms with Gasteiger partial charge in [0.05, 0.1) is 6.54 Å². The minimum absolute atomic E-state index is 0.490. The van der Waals surface area contributed by atoms with E-state index in [1.807, 2.05) is 24.3 Å². The number of rotatable bonds is 4. The second-order valence-electron chi connectivity index (χ2n) is 4.89. The number of nitrogens with one attached hydrogen (secondary N) is 1. The SMILES string of the molecule is Clc1cccc(NCc2nc(C3CCCC3)no2)c1. The largest absolute Gasteiger partial charge is 0.376 e. The Hall–Kier alpha value is -1.55. The maximum absolute atomic E-state index is 5.93. The lowest BCUT2D eigenvalue weighted by molar-refractivity contribution is 0.374. The maximum Gasteiger partial charge on any atom is 0.245 e. The summed E-state index contributed by atoms with van der Waals surface area (Å²) >= 11 is 5.93. The molecule has 1 aromatic carbocycles. The lowest BCUT2D eigenvalue weighted by atomic mass is 10.1. The van der Waals surface area contributed by atoms with Gasteiger partial charge in [-0.1, -0.05) is 35.7 Å². The van der Waals surface area contributed by atoms with Gasteiger partial charge in [0.25, 0.3) is 0 Å². The average Bonchev–Trinajstić information content (AvgIpc) is 3.07. The number of hydrogen-bond donors (Lipinski definition) is 1. The van der Waals surface area contributed by atoms with Crippen molar-refractivity contribution in [3.8, 4) is 0 Å². The number of benzene rings is 1. The summed E-state index contributed by atoms with van der Waals surface area (Å²) in [5.74, 6) is 1.98. The average molecular weight is 278 g/mol. The molecule has 19 heavy (non-hydrogen) atoms. The Morgan fingerprint density at radius 3 is 2.95 bits per heavy atom. The van der Waals surface area contributed by atoms with E-state index in [2.05, 4.69) is 15.5 Å². The Labute approximate surface area is 117 Å². The van der Waals surface area contributed by atoms with Crippen molar-refractivity contribution >= 4 is 17.3 Å². The highest BCUT2D eigenvalue weighted by molar-refractivity contribution is 6.30. The number of aromatic nitrogens is 2. The fraction of sp³-hybridized carbons (Fsp3) is 0.429. The van der Waals surface area contributed by atoms with E-state index in [9.17, 15) is 0 Å². The van der Waals surface area contributed by atoms with Crippen LogP contribution in [0.1, 0.15) is 43.3 Å². The predicted octanol–water partition coefficient (Wildman–Crippen LogP) is 3.99. The Kier molecular flexibility index (Phi) is 3.69. The van der Waals surface area contributed by atoms with E-state index in [4.69, 9.17) is 16.1 Å². The van der Waals surface area contributed by atoms with Crippen molar-refractivity contribution in [3.63, 3.8) is 0 Å². The first-order valence-corrected chi connectivity index (χ1v) is 7.01. The van der Waals surface area contributed by atoms with Gasteiger partial charge in [0.15, 0.2) is 5.82 Å². The molecule has 4 nitrogen and oxygen atoms in total. The van der Waals surface area contributed by atoms with Crippen LogP contribution in [0.3, 0.4) is 0 Å². The van der Waals surface area contributed by atoms with Crippen molar-refractivity contribution in [1.82, 2.24) is 10.1 Å². The van der Waals surface area contributed by atoms with Crippen molar-refractivity contribution < 1.29 is 4.52 Å². The van der Waals surface area contributed by atoms with Crippen LogP contribution in [0.25, 0.3) is 0 Å². The van der Waals surface area contributed by atoms with Crippen LogP contribution in [-0.4, -0.2) is 10.1 Å². The summed E-state index contributed by atoms with van der Waals surface area (Å²) in [6.45, 7) is 0.528. The summed E-state index contributed by atoms with van der Waals surface area (Å²) in [7, 11) is 0. The Bertz CT molecular complexity index is 549. The van der Waals surface area contributed by atoms with Crippen molar-refractivity contribution in [3.05, 3.63) is 41.0 Å². The van der Waals surface area contributed by atoms with Gasteiger partial charge in [-0.25, -0.2) is 0 Å². The van der Waals surface area contributed by atoms with Crippen LogP contribution in [0.5, 0.6) is 0 Å². The van der Waals surface area contributed by atoms with Crippen molar-refractivity contribution in [2.24, 2.45) is 0 Å². The third-order valence-corrected chi connectivity index (χ3v) is 3.71. The molecule has 0 radical (unpaired) electrons. The van der Waals surface area contributed by atoms with E-state index in [1.165, 1.54) is 25.7 Å². The van der Waals surface area contributed by atoms with Gasteiger partial charge in [-0.2, -0.15) is 4.98 Å².